The summed E-state index contributed by atoms with van der Waals surface area (Å²) in [7, 11) is 0. The highest BCUT2D eigenvalue weighted by atomic mass is 19.1. The molecule has 1 saturated heterocycles. The number of nitrogens with one attached hydrogen (secondary N) is 1. The van der Waals surface area contributed by atoms with Gasteiger partial charge in [-0.3, -0.25) is 0 Å². The maximum Gasteiger partial charge on any atom is 0.132 e. The number of rotatable bonds is 4. The standard InChI is InChI=1S/C28H27FN4O2/c29-25-7-4-18(28(34)22-3-1-2-19-16-30-9-8-21(19)22)14-24(25)27-23-6-5-20(15-26(23)31-17-32-27)33-10-12-35-13-11-33/h1-7,14-15,17,28,30,34H,8-13,16H2. The van der Waals surface area contributed by atoms with Gasteiger partial charge in [0.05, 0.1) is 24.4 Å². The molecule has 35 heavy (non-hydrogen) atoms. The molecule has 0 spiro atoms. The monoisotopic (exact) mass is 470 g/mol. The van der Waals surface area contributed by atoms with Crippen LogP contribution in [0, 0.1) is 5.82 Å². The molecule has 3 aromatic carbocycles. The molecule has 3 heterocycles. The summed E-state index contributed by atoms with van der Waals surface area (Å²) in [6.45, 7) is 4.74. The van der Waals surface area contributed by atoms with Gasteiger partial charge in [-0.15, -0.1) is 0 Å². The average Bonchev–Trinajstić information content (AvgIpc) is 2.92. The van der Waals surface area contributed by atoms with E-state index in [1.165, 1.54) is 23.5 Å². The molecule has 2 N–H and O–H groups in total. The van der Waals surface area contributed by atoms with Crippen LogP contribution in [0.2, 0.25) is 0 Å². The average molecular weight is 471 g/mol. The van der Waals surface area contributed by atoms with Gasteiger partial charge < -0.3 is 20.1 Å². The number of anilines is 1. The Kier molecular flexibility index (Phi) is 5.90. The zero-order chi connectivity index (χ0) is 23.8. The number of hydrogen-bond acceptors (Lipinski definition) is 6. The Bertz CT molecular complexity index is 1390. The fourth-order valence-corrected chi connectivity index (χ4v) is 5.17. The van der Waals surface area contributed by atoms with Crippen LogP contribution in [0.25, 0.3) is 22.2 Å². The Morgan fingerprint density at radius 1 is 1.03 bits per heavy atom. The first-order valence-electron chi connectivity index (χ1n) is 12.1. The summed E-state index contributed by atoms with van der Waals surface area (Å²) < 4.78 is 20.6. The number of aliphatic hydroxyl groups is 1. The van der Waals surface area contributed by atoms with Crippen molar-refractivity contribution in [3.05, 3.63) is 89.0 Å². The van der Waals surface area contributed by atoms with Crippen molar-refractivity contribution in [1.29, 1.82) is 0 Å². The molecule has 1 fully saturated rings. The van der Waals surface area contributed by atoms with Crippen molar-refractivity contribution in [3.63, 3.8) is 0 Å². The van der Waals surface area contributed by atoms with Crippen LogP contribution in [0.4, 0.5) is 10.1 Å². The van der Waals surface area contributed by atoms with Gasteiger partial charge in [-0.2, -0.15) is 0 Å². The van der Waals surface area contributed by atoms with Crippen molar-refractivity contribution in [1.82, 2.24) is 15.3 Å². The van der Waals surface area contributed by atoms with E-state index >= 15 is 4.39 Å². The molecule has 0 bridgehead atoms. The SMILES string of the molecule is OC(c1ccc(F)c(-c2ncnc3cc(N4CCOCC4)ccc23)c1)c1cccc2c1CCNC2. The third kappa shape index (κ3) is 4.16. The molecule has 0 aliphatic carbocycles. The van der Waals surface area contributed by atoms with E-state index in [1.54, 1.807) is 12.1 Å². The van der Waals surface area contributed by atoms with Gasteiger partial charge in [-0.1, -0.05) is 24.3 Å². The maximum atomic E-state index is 15.1. The Hall–Kier alpha value is -3.39. The van der Waals surface area contributed by atoms with E-state index in [9.17, 15) is 5.11 Å². The lowest BCUT2D eigenvalue weighted by atomic mass is 9.89. The second-order valence-corrected chi connectivity index (χ2v) is 9.08. The number of halogens is 1. The fraction of sp³-hybridized carbons (Fsp3) is 0.286. The van der Waals surface area contributed by atoms with Gasteiger partial charge in [0.2, 0.25) is 0 Å². The minimum atomic E-state index is -0.844. The first kappa shape index (κ1) is 22.1. The van der Waals surface area contributed by atoms with E-state index in [1.807, 2.05) is 30.3 Å². The molecular formula is C28H27FN4O2. The topological polar surface area (TPSA) is 70.5 Å². The predicted molar refractivity (Wildman–Crippen MR) is 134 cm³/mol. The first-order valence-corrected chi connectivity index (χ1v) is 12.1. The third-order valence-corrected chi connectivity index (χ3v) is 7.03. The quantitative estimate of drug-likeness (QED) is 0.470. The number of ether oxygens (including phenoxy) is 1. The Morgan fingerprint density at radius 3 is 2.80 bits per heavy atom. The Balaban J connectivity index is 1.39. The van der Waals surface area contributed by atoms with Crippen LogP contribution in [0.1, 0.15) is 28.4 Å². The summed E-state index contributed by atoms with van der Waals surface area (Å²) in [4.78, 5) is 11.2. The molecule has 6 rings (SSSR count). The van der Waals surface area contributed by atoms with E-state index < -0.39 is 6.10 Å². The highest BCUT2D eigenvalue weighted by Gasteiger charge is 2.21. The van der Waals surface area contributed by atoms with Gasteiger partial charge in [0.25, 0.3) is 0 Å². The Morgan fingerprint density at radius 2 is 1.91 bits per heavy atom. The van der Waals surface area contributed by atoms with Gasteiger partial charge in [0.1, 0.15) is 18.2 Å². The molecule has 7 heteroatoms. The van der Waals surface area contributed by atoms with E-state index in [4.69, 9.17) is 4.74 Å². The summed E-state index contributed by atoms with van der Waals surface area (Å²) in [6.07, 6.45) is 1.49. The van der Waals surface area contributed by atoms with Crippen molar-refractivity contribution in [3.8, 4) is 11.3 Å². The van der Waals surface area contributed by atoms with Crippen LogP contribution >= 0.6 is 0 Å². The molecule has 0 saturated carbocycles. The van der Waals surface area contributed by atoms with Crippen LogP contribution in [0.15, 0.2) is 60.9 Å². The third-order valence-electron chi connectivity index (χ3n) is 7.03. The van der Waals surface area contributed by atoms with Crippen molar-refractivity contribution in [2.45, 2.75) is 19.1 Å². The maximum absolute atomic E-state index is 15.1. The zero-order valence-corrected chi connectivity index (χ0v) is 19.4. The van der Waals surface area contributed by atoms with Crippen LogP contribution in [-0.4, -0.2) is 47.9 Å². The van der Waals surface area contributed by atoms with Crippen LogP contribution < -0.4 is 10.2 Å². The number of benzene rings is 3. The van der Waals surface area contributed by atoms with Crippen molar-refractivity contribution in [2.24, 2.45) is 0 Å². The van der Waals surface area contributed by atoms with Crippen LogP contribution in [-0.2, 0) is 17.7 Å². The van der Waals surface area contributed by atoms with E-state index in [2.05, 4.69) is 26.3 Å². The molecule has 1 atom stereocenters. The van der Waals surface area contributed by atoms with Gasteiger partial charge in [-0.25, -0.2) is 14.4 Å². The number of nitrogens with zero attached hydrogens (tertiary/aromatic N) is 3. The van der Waals surface area contributed by atoms with Crippen LogP contribution in [0.3, 0.4) is 0 Å². The van der Waals surface area contributed by atoms with E-state index in [-0.39, 0.29) is 5.82 Å². The molecule has 178 valence electrons. The normalized spacial score (nSPS) is 16.8. The molecule has 1 aromatic heterocycles. The molecular weight excluding hydrogens is 443 g/mol. The van der Waals surface area contributed by atoms with Crippen molar-refractivity contribution in [2.75, 3.05) is 37.7 Å². The summed E-state index contributed by atoms with van der Waals surface area (Å²) in [6, 6.07) is 16.8. The highest BCUT2D eigenvalue weighted by molar-refractivity contribution is 5.94. The van der Waals surface area contributed by atoms with E-state index in [0.29, 0.717) is 30.0 Å². The lowest BCUT2D eigenvalue weighted by Crippen LogP contribution is -2.36. The second kappa shape index (κ2) is 9.34. The smallest absolute Gasteiger partial charge is 0.132 e. The first-order chi connectivity index (χ1) is 17.2. The number of hydrogen-bond donors (Lipinski definition) is 2. The largest absolute Gasteiger partial charge is 0.384 e. The number of aromatic nitrogens is 2. The minimum Gasteiger partial charge on any atom is -0.384 e. The summed E-state index contributed by atoms with van der Waals surface area (Å²) >= 11 is 0. The molecule has 6 nitrogen and oxygen atoms in total. The van der Waals surface area contributed by atoms with Gasteiger partial charge in [0, 0.05) is 36.3 Å². The molecule has 0 radical (unpaired) electrons. The molecule has 4 aromatic rings. The fourth-order valence-electron chi connectivity index (χ4n) is 5.17. The van der Waals surface area contributed by atoms with Gasteiger partial charge in [-0.05, 0) is 65.6 Å². The molecule has 1 unspecified atom stereocenters. The molecule has 0 amide bonds. The molecule has 2 aliphatic heterocycles. The summed E-state index contributed by atoms with van der Waals surface area (Å²) in [5.74, 6) is -0.377. The van der Waals surface area contributed by atoms with Gasteiger partial charge >= 0.3 is 0 Å². The summed E-state index contributed by atoms with van der Waals surface area (Å²) in [5, 5.41) is 15.5. The Labute approximate surface area is 203 Å². The van der Waals surface area contributed by atoms with E-state index in [0.717, 1.165) is 54.8 Å². The number of aliphatic hydroxyl groups excluding tert-OH is 1. The lowest BCUT2D eigenvalue weighted by molar-refractivity contribution is 0.122. The van der Waals surface area contributed by atoms with Gasteiger partial charge in [0.15, 0.2) is 0 Å². The number of morpholine rings is 1. The number of fused-ring (bicyclic) bond motifs is 2. The minimum absolute atomic E-state index is 0.361. The zero-order valence-electron chi connectivity index (χ0n) is 19.4. The van der Waals surface area contributed by atoms with Crippen molar-refractivity contribution >= 4 is 16.6 Å². The van der Waals surface area contributed by atoms with Crippen molar-refractivity contribution < 1.29 is 14.2 Å². The summed E-state index contributed by atoms with van der Waals surface area (Å²) in [5.41, 5.74) is 6.61. The predicted octanol–water partition coefficient (Wildman–Crippen LogP) is 4.00. The lowest BCUT2D eigenvalue weighted by Gasteiger charge is -2.29. The second-order valence-electron chi connectivity index (χ2n) is 9.08. The van der Waals surface area contributed by atoms with Crippen LogP contribution in [0.5, 0.6) is 0 Å². The highest BCUT2D eigenvalue weighted by Crippen LogP contribution is 2.34. The molecule has 2 aliphatic rings.